The molecule has 1 amide bonds. The van der Waals surface area contributed by atoms with Crippen molar-refractivity contribution in [1.82, 2.24) is 19.5 Å². The van der Waals surface area contributed by atoms with E-state index in [1.807, 2.05) is 17.0 Å². The summed E-state index contributed by atoms with van der Waals surface area (Å²) in [7, 11) is 0. The van der Waals surface area contributed by atoms with Crippen molar-refractivity contribution >= 4 is 22.9 Å². The third kappa shape index (κ3) is 3.67. The van der Waals surface area contributed by atoms with E-state index in [9.17, 15) is 23.1 Å². The lowest BCUT2D eigenvalue weighted by molar-refractivity contribution is -0.170. The molecule has 0 bridgehead atoms. The highest BCUT2D eigenvalue weighted by molar-refractivity contribution is 6.09. The summed E-state index contributed by atoms with van der Waals surface area (Å²) in [6, 6.07) is 5.08. The minimum atomic E-state index is -4.23. The number of halogens is 3. The quantitative estimate of drug-likeness (QED) is 0.568. The molecule has 3 aromatic rings. The van der Waals surface area contributed by atoms with Crippen LogP contribution in [-0.4, -0.2) is 80.6 Å². The number of amides is 1. The lowest BCUT2D eigenvalue weighted by Crippen LogP contribution is -2.79. The van der Waals surface area contributed by atoms with E-state index >= 15 is 0 Å². The van der Waals surface area contributed by atoms with Gasteiger partial charge in [-0.2, -0.15) is 18.3 Å². The van der Waals surface area contributed by atoms with E-state index in [4.69, 9.17) is 4.74 Å². The smallest absolute Gasteiger partial charge is 0.401 e. The number of hydrogen-bond acceptors (Lipinski definition) is 7. The highest BCUT2D eigenvalue weighted by Gasteiger charge is 2.54. The van der Waals surface area contributed by atoms with Gasteiger partial charge in [-0.3, -0.25) is 9.69 Å². The van der Waals surface area contributed by atoms with E-state index < -0.39 is 24.2 Å². The van der Waals surface area contributed by atoms with E-state index in [1.165, 1.54) is 15.6 Å². The first kappa shape index (κ1) is 22.1. The minimum absolute atomic E-state index is 0.0738. The zero-order valence-electron chi connectivity index (χ0n) is 18.8. The van der Waals surface area contributed by atoms with Gasteiger partial charge in [0.1, 0.15) is 16.9 Å². The van der Waals surface area contributed by atoms with Crippen molar-refractivity contribution in [3.8, 4) is 5.75 Å². The maximum absolute atomic E-state index is 13.2. The number of benzene rings is 1. The van der Waals surface area contributed by atoms with Crippen molar-refractivity contribution in [2.75, 3.05) is 36.5 Å². The number of fused-ring (bicyclic) bond motifs is 3. The molecule has 0 spiro atoms. The number of alkyl halides is 3. The highest BCUT2D eigenvalue weighted by Crippen LogP contribution is 2.46. The van der Waals surface area contributed by atoms with Crippen LogP contribution in [0.25, 0.3) is 5.65 Å². The Morgan fingerprint density at radius 1 is 1.31 bits per heavy atom. The molecule has 184 valence electrons. The standard InChI is InChI=1S/C23H23F3N6O3/c1-22(12-33)7-13-5-15(29-21(34)14-8-28-32-4-2-3-27-20(14)32)16(6-19(13)35-22)31-10-17-18(31)9-30(17)11-23(24,25)26/h2-6,8,17-18,33H,7,9-12H2,1H3,(H,29,34)/t17?,18-,22-/m0/s1. The van der Waals surface area contributed by atoms with E-state index in [2.05, 4.69) is 15.4 Å². The Balaban J connectivity index is 1.30. The van der Waals surface area contributed by atoms with Gasteiger partial charge in [0.05, 0.1) is 36.8 Å². The molecule has 2 aromatic heterocycles. The van der Waals surface area contributed by atoms with Crippen LogP contribution in [0.5, 0.6) is 5.75 Å². The number of nitrogens with one attached hydrogen (secondary N) is 1. The Morgan fingerprint density at radius 3 is 2.86 bits per heavy atom. The number of hydrogen-bond donors (Lipinski definition) is 2. The van der Waals surface area contributed by atoms with Crippen molar-refractivity contribution < 1.29 is 27.8 Å². The Hall–Kier alpha value is -3.38. The van der Waals surface area contributed by atoms with Crippen molar-refractivity contribution in [3.05, 3.63) is 47.9 Å². The number of likely N-dealkylation sites (tertiary alicyclic amines) is 1. The third-order valence-corrected chi connectivity index (χ3v) is 7.02. The van der Waals surface area contributed by atoms with Crippen molar-refractivity contribution in [3.63, 3.8) is 0 Å². The fourth-order valence-electron chi connectivity index (χ4n) is 5.19. The van der Waals surface area contributed by atoms with Gasteiger partial charge in [-0.25, -0.2) is 9.50 Å². The van der Waals surface area contributed by atoms with Crippen LogP contribution in [0.1, 0.15) is 22.8 Å². The summed E-state index contributed by atoms with van der Waals surface area (Å²) in [5, 5.41) is 16.9. The molecule has 9 nitrogen and oxygen atoms in total. The molecule has 6 rings (SSSR count). The van der Waals surface area contributed by atoms with E-state index in [-0.39, 0.29) is 18.7 Å². The van der Waals surface area contributed by atoms with Gasteiger partial charge in [-0.1, -0.05) is 0 Å². The molecule has 2 saturated heterocycles. The molecule has 1 aromatic carbocycles. The fraction of sp³-hybridized carbons (Fsp3) is 0.435. The molecular formula is C23H23F3N6O3. The first-order valence-corrected chi connectivity index (χ1v) is 11.3. The van der Waals surface area contributed by atoms with Gasteiger partial charge in [-0.05, 0) is 19.1 Å². The lowest BCUT2D eigenvalue weighted by Gasteiger charge is -2.63. The Kier molecular flexibility index (Phi) is 4.77. The SMILES string of the molecule is C[C@@]1(CO)Cc2cc(NC(=O)c3cnn4cccnc34)c(N3CC4[C@@H]3CN4CC(F)(F)F)cc2O1. The molecule has 2 N–H and O–H groups in total. The first-order valence-electron chi connectivity index (χ1n) is 11.3. The number of aliphatic hydroxyl groups excluding tert-OH is 1. The van der Waals surface area contributed by atoms with Crippen LogP contribution in [0.15, 0.2) is 36.8 Å². The number of rotatable bonds is 5. The molecule has 3 aliphatic rings. The van der Waals surface area contributed by atoms with Gasteiger partial charge in [-0.15, -0.1) is 0 Å². The van der Waals surface area contributed by atoms with E-state index in [1.54, 1.807) is 25.4 Å². The van der Waals surface area contributed by atoms with Gasteiger partial charge in [0, 0.05) is 49.6 Å². The summed E-state index contributed by atoms with van der Waals surface area (Å²) < 4.78 is 46.0. The molecule has 3 aliphatic heterocycles. The summed E-state index contributed by atoms with van der Waals surface area (Å²) in [5.74, 6) is 0.204. The van der Waals surface area contributed by atoms with E-state index in [0.717, 1.165) is 5.56 Å². The monoisotopic (exact) mass is 488 g/mol. The molecule has 0 radical (unpaired) electrons. The number of carbonyl (C=O) groups is 1. The molecule has 1 unspecified atom stereocenters. The Bertz CT molecular complexity index is 1330. The molecule has 2 fully saturated rings. The maximum atomic E-state index is 13.2. The minimum Gasteiger partial charge on any atom is -0.484 e. The summed E-state index contributed by atoms with van der Waals surface area (Å²) in [6.45, 7) is 1.42. The van der Waals surface area contributed by atoms with Crippen LogP contribution in [0.4, 0.5) is 24.5 Å². The maximum Gasteiger partial charge on any atom is 0.401 e. The number of carbonyl (C=O) groups excluding carboxylic acids is 1. The highest BCUT2D eigenvalue weighted by atomic mass is 19.4. The molecule has 35 heavy (non-hydrogen) atoms. The van der Waals surface area contributed by atoms with Gasteiger partial charge >= 0.3 is 6.18 Å². The third-order valence-electron chi connectivity index (χ3n) is 7.02. The summed E-state index contributed by atoms with van der Waals surface area (Å²) in [5.41, 5.74) is 1.98. The summed E-state index contributed by atoms with van der Waals surface area (Å²) >= 11 is 0. The van der Waals surface area contributed by atoms with Crippen LogP contribution >= 0.6 is 0 Å². The predicted octanol–water partition coefficient (Wildman–Crippen LogP) is 2.10. The number of nitrogens with zero attached hydrogens (tertiary/aromatic N) is 5. The number of anilines is 2. The summed E-state index contributed by atoms with van der Waals surface area (Å²) in [4.78, 5) is 20.9. The zero-order chi connectivity index (χ0) is 24.5. The molecule has 12 heteroatoms. The molecule has 0 aliphatic carbocycles. The van der Waals surface area contributed by atoms with E-state index in [0.29, 0.717) is 47.8 Å². The Labute approximate surface area is 198 Å². The van der Waals surface area contributed by atoms with Crippen LogP contribution in [0.3, 0.4) is 0 Å². The van der Waals surface area contributed by atoms with Crippen molar-refractivity contribution in [2.24, 2.45) is 0 Å². The number of aliphatic hydroxyl groups is 1. The normalized spacial score (nSPS) is 25.5. The van der Waals surface area contributed by atoms with Crippen molar-refractivity contribution in [1.29, 1.82) is 0 Å². The van der Waals surface area contributed by atoms with Gasteiger partial charge < -0.3 is 20.1 Å². The van der Waals surface area contributed by atoms with Crippen molar-refractivity contribution in [2.45, 2.75) is 37.2 Å². The lowest BCUT2D eigenvalue weighted by atomic mass is 9.84. The number of ether oxygens (including phenoxy) is 1. The largest absolute Gasteiger partial charge is 0.484 e. The second-order valence-electron chi connectivity index (χ2n) is 9.60. The van der Waals surface area contributed by atoms with Gasteiger partial charge in [0.25, 0.3) is 5.91 Å². The predicted molar refractivity (Wildman–Crippen MR) is 120 cm³/mol. The number of aromatic nitrogens is 3. The average molecular weight is 488 g/mol. The molecular weight excluding hydrogens is 465 g/mol. The van der Waals surface area contributed by atoms with Crippen LogP contribution in [0, 0.1) is 0 Å². The molecule has 5 heterocycles. The van der Waals surface area contributed by atoms with Crippen LogP contribution in [0.2, 0.25) is 0 Å². The Morgan fingerprint density at radius 2 is 2.14 bits per heavy atom. The zero-order valence-corrected chi connectivity index (χ0v) is 18.8. The average Bonchev–Trinajstić information content (AvgIpc) is 3.36. The van der Waals surface area contributed by atoms with Crippen LogP contribution < -0.4 is 15.0 Å². The topological polar surface area (TPSA) is 95.2 Å². The second-order valence-corrected chi connectivity index (χ2v) is 9.60. The summed E-state index contributed by atoms with van der Waals surface area (Å²) in [6.07, 6.45) is 0.938. The van der Waals surface area contributed by atoms with Gasteiger partial charge in [0.15, 0.2) is 5.65 Å². The second kappa shape index (κ2) is 7.56. The van der Waals surface area contributed by atoms with Gasteiger partial charge in [0.2, 0.25) is 0 Å². The molecule has 0 saturated carbocycles. The molecule has 3 atom stereocenters. The van der Waals surface area contributed by atoms with Crippen LogP contribution in [-0.2, 0) is 6.42 Å². The fourth-order valence-corrected chi connectivity index (χ4v) is 5.19. The first-order chi connectivity index (χ1) is 16.6. The number of piperazine rings is 1.